The van der Waals surface area contributed by atoms with Gasteiger partial charge >= 0.3 is 0 Å². The maximum atomic E-state index is 12.0. The van der Waals surface area contributed by atoms with Crippen molar-refractivity contribution in [1.82, 2.24) is 14.5 Å². The van der Waals surface area contributed by atoms with Gasteiger partial charge in [-0.3, -0.25) is 9.78 Å². The molecule has 0 radical (unpaired) electrons. The minimum atomic E-state index is -0.172. The molecule has 0 saturated heterocycles. The summed E-state index contributed by atoms with van der Waals surface area (Å²) in [6.45, 7) is 0. The summed E-state index contributed by atoms with van der Waals surface area (Å²) in [6.07, 6.45) is 4.92. The second-order valence-electron chi connectivity index (χ2n) is 4.25. The first-order chi connectivity index (χ1) is 9.24. The minimum absolute atomic E-state index is 0.172. The van der Waals surface area contributed by atoms with E-state index in [1.165, 1.54) is 6.20 Å². The average Bonchev–Trinajstić information content (AvgIpc) is 2.81. The van der Waals surface area contributed by atoms with E-state index in [2.05, 4.69) is 15.3 Å². The first-order valence-electron chi connectivity index (χ1n) is 5.86. The van der Waals surface area contributed by atoms with Crippen LogP contribution in [0.1, 0.15) is 10.4 Å². The first kappa shape index (κ1) is 11.4. The summed E-state index contributed by atoms with van der Waals surface area (Å²) in [4.78, 5) is 20.2. The van der Waals surface area contributed by atoms with Crippen LogP contribution in [0.3, 0.4) is 0 Å². The monoisotopic (exact) mass is 252 g/mol. The van der Waals surface area contributed by atoms with Crippen molar-refractivity contribution >= 4 is 22.6 Å². The van der Waals surface area contributed by atoms with Crippen molar-refractivity contribution in [2.45, 2.75) is 0 Å². The number of hydrogen-bond acceptors (Lipinski definition) is 3. The molecular weight excluding hydrogens is 240 g/mol. The van der Waals surface area contributed by atoms with Gasteiger partial charge in [-0.25, -0.2) is 4.98 Å². The molecule has 0 fully saturated rings. The summed E-state index contributed by atoms with van der Waals surface area (Å²) in [5.41, 5.74) is 3.16. The van der Waals surface area contributed by atoms with Crippen LogP contribution in [0.5, 0.6) is 0 Å². The zero-order valence-electron chi connectivity index (χ0n) is 10.4. The first-order valence-corrected chi connectivity index (χ1v) is 5.86. The predicted octanol–water partition coefficient (Wildman–Crippen LogP) is 2.22. The molecule has 0 bridgehead atoms. The van der Waals surface area contributed by atoms with Gasteiger partial charge in [0.25, 0.3) is 5.91 Å². The molecule has 1 N–H and O–H groups in total. The van der Waals surface area contributed by atoms with Gasteiger partial charge in [0.1, 0.15) is 0 Å². The van der Waals surface area contributed by atoms with E-state index in [1.54, 1.807) is 24.7 Å². The third-order valence-corrected chi connectivity index (χ3v) is 2.91. The molecule has 3 rings (SSSR count). The highest BCUT2D eigenvalue weighted by molar-refractivity contribution is 6.04. The highest BCUT2D eigenvalue weighted by atomic mass is 16.1. The number of benzene rings is 1. The van der Waals surface area contributed by atoms with E-state index in [9.17, 15) is 4.79 Å². The number of carbonyl (C=O) groups is 1. The zero-order chi connectivity index (χ0) is 13.2. The molecule has 0 spiro atoms. The fraction of sp³-hybridized carbons (Fsp3) is 0.0714. The van der Waals surface area contributed by atoms with Crippen LogP contribution in [0.4, 0.5) is 5.69 Å². The highest BCUT2D eigenvalue weighted by Crippen LogP contribution is 2.18. The van der Waals surface area contributed by atoms with Crippen LogP contribution < -0.4 is 5.32 Å². The topological polar surface area (TPSA) is 59.8 Å². The normalized spacial score (nSPS) is 10.6. The van der Waals surface area contributed by atoms with E-state index in [1.807, 2.05) is 29.8 Å². The molecule has 2 heterocycles. The predicted molar refractivity (Wildman–Crippen MR) is 72.9 cm³/mol. The number of carbonyl (C=O) groups excluding carboxylic acids is 1. The van der Waals surface area contributed by atoms with Crippen molar-refractivity contribution in [1.29, 1.82) is 0 Å². The largest absolute Gasteiger partial charge is 0.334 e. The Morgan fingerprint density at radius 2 is 2.21 bits per heavy atom. The molecule has 0 aliphatic heterocycles. The van der Waals surface area contributed by atoms with Crippen LogP contribution in [0.25, 0.3) is 11.0 Å². The summed E-state index contributed by atoms with van der Waals surface area (Å²) in [5.74, 6) is -0.172. The Morgan fingerprint density at radius 3 is 3.00 bits per heavy atom. The quantitative estimate of drug-likeness (QED) is 0.760. The third-order valence-electron chi connectivity index (χ3n) is 2.91. The second kappa shape index (κ2) is 4.53. The van der Waals surface area contributed by atoms with Crippen molar-refractivity contribution in [3.05, 3.63) is 54.6 Å². The number of pyridine rings is 1. The summed E-state index contributed by atoms with van der Waals surface area (Å²) >= 11 is 0. The summed E-state index contributed by atoms with van der Waals surface area (Å²) in [7, 11) is 1.92. The number of nitrogens with one attached hydrogen (secondary N) is 1. The standard InChI is InChI=1S/C14H12N4O/c1-18-9-16-12-5-4-11(7-13(12)18)17-14(19)10-3-2-6-15-8-10/h2-9H,1H3,(H,17,19). The molecule has 3 aromatic rings. The molecule has 94 valence electrons. The van der Waals surface area contributed by atoms with Gasteiger partial charge in [-0.2, -0.15) is 0 Å². The van der Waals surface area contributed by atoms with Crippen LogP contribution in [-0.2, 0) is 7.05 Å². The number of nitrogens with zero attached hydrogens (tertiary/aromatic N) is 3. The Balaban J connectivity index is 1.89. The van der Waals surface area contributed by atoms with E-state index in [-0.39, 0.29) is 5.91 Å². The second-order valence-corrected chi connectivity index (χ2v) is 4.25. The zero-order valence-corrected chi connectivity index (χ0v) is 10.4. The van der Waals surface area contributed by atoms with Crippen LogP contribution in [0.15, 0.2) is 49.1 Å². The van der Waals surface area contributed by atoms with Crippen LogP contribution >= 0.6 is 0 Å². The molecular formula is C14H12N4O. The maximum absolute atomic E-state index is 12.0. The van der Waals surface area contributed by atoms with Crippen molar-refractivity contribution in [3.8, 4) is 0 Å². The summed E-state index contributed by atoms with van der Waals surface area (Å²) in [5, 5.41) is 2.85. The van der Waals surface area contributed by atoms with E-state index in [0.717, 1.165) is 16.7 Å². The number of rotatable bonds is 2. The lowest BCUT2D eigenvalue weighted by atomic mass is 10.2. The van der Waals surface area contributed by atoms with Crippen molar-refractivity contribution < 1.29 is 4.79 Å². The number of hydrogen-bond donors (Lipinski definition) is 1. The smallest absolute Gasteiger partial charge is 0.257 e. The molecule has 5 heteroatoms. The Bertz CT molecular complexity index is 734. The molecule has 5 nitrogen and oxygen atoms in total. The minimum Gasteiger partial charge on any atom is -0.334 e. The summed E-state index contributed by atoms with van der Waals surface area (Å²) in [6, 6.07) is 9.08. The van der Waals surface area contributed by atoms with E-state index >= 15 is 0 Å². The molecule has 0 saturated carbocycles. The van der Waals surface area contributed by atoms with Crippen LogP contribution in [0, 0.1) is 0 Å². The van der Waals surface area contributed by atoms with E-state index in [0.29, 0.717) is 5.56 Å². The van der Waals surface area contributed by atoms with Crippen LogP contribution in [0.2, 0.25) is 0 Å². The number of aromatic nitrogens is 3. The Hall–Kier alpha value is -2.69. The lowest BCUT2D eigenvalue weighted by molar-refractivity contribution is 0.102. The van der Waals surface area contributed by atoms with Gasteiger partial charge in [0.15, 0.2) is 0 Å². The number of amides is 1. The van der Waals surface area contributed by atoms with Gasteiger partial charge in [0.2, 0.25) is 0 Å². The molecule has 1 aromatic carbocycles. The molecule has 0 unspecified atom stereocenters. The van der Waals surface area contributed by atoms with Gasteiger partial charge in [0.05, 0.1) is 22.9 Å². The van der Waals surface area contributed by atoms with Crippen LogP contribution in [-0.4, -0.2) is 20.4 Å². The molecule has 0 aliphatic carbocycles. The molecule has 0 atom stereocenters. The lowest BCUT2D eigenvalue weighted by Gasteiger charge is -2.05. The molecule has 1 amide bonds. The SMILES string of the molecule is Cn1cnc2ccc(NC(=O)c3cccnc3)cc21. The Kier molecular flexibility index (Phi) is 2.72. The lowest BCUT2D eigenvalue weighted by Crippen LogP contribution is -2.11. The molecule has 2 aromatic heterocycles. The third kappa shape index (κ3) is 2.18. The van der Waals surface area contributed by atoms with Crippen molar-refractivity contribution in [3.63, 3.8) is 0 Å². The number of anilines is 1. The van der Waals surface area contributed by atoms with Crippen molar-refractivity contribution in [2.24, 2.45) is 7.05 Å². The fourth-order valence-electron chi connectivity index (χ4n) is 1.90. The average molecular weight is 252 g/mol. The Morgan fingerprint density at radius 1 is 1.32 bits per heavy atom. The Labute approximate surface area is 109 Å². The van der Waals surface area contributed by atoms with E-state index < -0.39 is 0 Å². The molecule has 0 aliphatic rings. The van der Waals surface area contributed by atoms with Gasteiger partial charge in [-0.15, -0.1) is 0 Å². The van der Waals surface area contributed by atoms with Gasteiger partial charge < -0.3 is 9.88 Å². The maximum Gasteiger partial charge on any atom is 0.257 e. The number of imidazole rings is 1. The fourth-order valence-corrected chi connectivity index (χ4v) is 1.90. The van der Waals surface area contributed by atoms with Crippen molar-refractivity contribution in [2.75, 3.05) is 5.32 Å². The van der Waals surface area contributed by atoms with E-state index in [4.69, 9.17) is 0 Å². The number of fused-ring (bicyclic) bond motifs is 1. The number of aryl methyl sites for hydroxylation is 1. The highest BCUT2D eigenvalue weighted by Gasteiger charge is 2.07. The molecule has 19 heavy (non-hydrogen) atoms. The van der Waals surface area contributed by atoms with Gasteiger partial charge in [-0.05, 0) is 30.3 Å². The van der Waals surface area contributed by atoms with Gasteiger partial charge in [0, 0.05) is 25.1 Å². The summed E-state index contributed by atoms with van der Waals surface area (Å²) < 4.78 is 1.91. The van der Waals surface area contributed by atoms with Gasteiger partial charge in [-0.1, -0.05) is 0 Å².